The molecular weight excluding hydrogens is 114 g/mol. The van der Waals surface area contributed by atoms with Crippen molar-refractivity contribution >= 4 is 0 Å². The van der Waals surface area contributed by atoms with Crippen LogP contribution in [0.25, 0.3) is 0 Å². The van der Waals surface area contributed by atoms with Crippen LogP contribution in [0.5, 0.6) is 0 Å². The summed E-state index contributed by atoms with van der Waals surface area (Å²) in [6.45, 7) is 6.51. The van der Waals surface area contributed by atoms with Crippen LogP contribution in [-0.4, -0.2) is 25.3 Å². The van der Waals surface area contributed by atoms with E-state index in [1.165, 1.54) is 0 Å². The van der Waals surface area contributed by atoms with Crippen molar-refractivity contribution in [2.45, 2.75) is 26.8 Å². The van der Waals surface area contributed by atoms with E-state index in [1.54, 1.807) is 7.11 Å². The van der Waals surface area contributed by atoms with Gasteiger partial charge in [-0.1, -0.05) is 13.8 Å². The zero-order valence-corrected chi connectivity index (χ0v) is 7.01. The van der Waals surface area contributed by atoms with Crippen LogP contribution in [-0.2, 0) is 4.84 Å². The highest BCUT2D eigenvalue weighted by Gasteiger charge is 2.11. The molecule has 0 amide bonds. The van der Waals surface area contributed by atoms with Crippen LogP contribution in [0.15, 0.2) is 0 Å². The molecule has 56 valence electrons. The Balaban J connectivity index is 3.58. The lowest BCUT2D eigenvalue weighted by Crippen LogP contribution is -2.32. The molecule has 0 rings (SSSR count). The van der Waals surface area contributed by atoms with E-state index in [-0.39, 0.29) is 0 Å². The molecule has 9 heavy (non-hydrogen) atoms. The highest BCUT2D eigenvalue weighted by atomic mass is 16.7. The van der Waals surface area contributed by atoms with Crippen molar-refractivity contribution in [1.29, 1.82) is 0 Å². The Kier molecular flexibility index (Phi) is 3.82. The van der Waals surface area contributed by atoms with Gasteiger partial charge in [0.1, 0.15) is 0 Å². The molecule has 0 aromatic rings. The van der Waals surface area contributed by atoms with Crippen LogP contribution in [0.1, 0.15) is 20.8 Å². The van der Waals surface area contributed by atoms with Crippen molar-refractivity contribution in [2.75, 3.05) is 14.2 Å². The van der Waals surface area contributed by atoms with Crippen molar-refractivity contribution in [3.05, 3.63) is 0 Å². The predicted molar refractivity (Wildman–Crippen MR) is 39.1 cm³/mol. The van der Waals surface area contributed by atoms with Gasteiger partial charge in [-0.05, 0) is 12.8 Å². The Morgan fingerprint density at radius 2 is 1.67 bits per heavy atom. The average Bonchev–Trinajstić information content (AvgIpc) is 1.84. The molecule has 0 N–H and O–H groups in total. The van der Waals surface area contributed by atoms with E-state index in [9.17, 15) is 0 Å². The Bertz CT molecular complexity index is 73.3. The molecule has 0 aliphatic heterocycles. The van der Waals surface area contributed by atoms with Crippen molar-refractivity contribution in [2.24, 2.45) is 5.92 Å². The molecule has 0 heterocycles. The predicted octanol–water partition coefficient (Wildman–Crippen LogP) is 1.52. The lowest BCUT2D eigenvalue weighted by Gasteiger charge is -2.24. The Labute approximate surface area is 57.8 Å². The number of nitrogens with zero attached hydrogens (tertiary/aromatic N) is 1. The summed E-state index contributed by atoms with van der Waals surface area (Å²) in [5.74, 6) is 0.648. The third-order valence-corrected chi connectivity index (χ3v) is 1.83. The van der Waals surface area contributed by atoms with Crippen LogP contribution in [0.3, 0.4) is 0 Å². The van der Waals surface area contributed by atoms with E-state index < -0.39 is 0 Å². The van der Waals surface area contributed by atoms with Gasteiger partial charge in [-0.3, -0.25) is 0 Å². The lowest BCUT2D eigenvalue weighted by atomic mass is 10.1. The van der Waals surface area contributed by atoms with Gasteiger partial charge in [-0.2, -0.15) is 5.06 Å². The number of hydrogen-bond acceptors (Lipinski definition) is 2. The summed E-state index contributed by atoms with van der Waals surface area (Å²) in [6, 6.07) is 0.495. The summed E-state index contributed by atoms with van der Waals surface area (Å²) < 4.78 is 0. The molecule has 0 radical (unpaired) electrons. The molecule has 0 spiro atoms. The van der Waals surface area contributed by atoms with E-state index in [0.29, 0.717) is 12.0 Å². The second kappa shape index (κ2) is 3.85. The van der Waals surface area contributed by atoms with Crippen LogP contribution >= 0.6 is 0 Å². The molecule has 0 aromatic heterocycles. The summed E-state index contributed by atoms with van der Waals surface area (Å²) >= 11 is 0. The SMILES string of the molecule is CON(C)C(C)C(C)C. The first-order valence-electron chi connectivity index (χ1n) is 3.36. The molecule has 0 aliphatic rings. The molecular formula is C7H17NO. The fourth-order valence-electron chi connectivity index (χ4n) is 0.586. The standard InChI is InChI=1S/C7H17NO/c1-6(2)7(3)8(4)9-5/h6-7H,1-5H3. The maximum Gasteiger partial charge on any atom is 0.0575 e. The van der Waals surface area contributed by atoms with Crippen molar-refractivity contribution in [3.63, 3.8) is 0 Å². The van der Waals surface area contributed by atoms with E-state index in [1.807, 2.05) is 12.1 Å². The summed E-state index contributed by atoms with van der Waals surface area (Å²) in [7, 11) is 3.64. The Hall–Kier alpha value is -0.0800. The van der Waals surface area contributed by atoms with Gasteiger partial charge in [0.25, 0.3) is 0 Å². The average molecular weight is 131 g/mol. The molecule has 1 unspecified atom stereocenters. The van der Waals surface area contributed by atoms with Gasteiger partial charge in [-0.15, -0.1) is 0 Å². The molecule has 0 fully saturated rings. The van der Waals surface area contributed by atoms with Crippen LogP contribution in [0, 0.1) is 5.92 Å². The fourth-order valence-corrected chi connectivity index (χ4v) is 0.586. The second-order valence-electron chi connectivity index (χ2n) is 2.71. The minimum Gasteiger partial charge on any atom is -0.302 e. The van der Waals surface area contributed by atoms with Gasteiger partial charge in [0.2, 0.25) is 0 Å². The van der Waals surface area contributed by atoms with Gasteiger partial charge in [0, 0.05) is 13.1 Å². The van der Waals surface area contributed by atoms with E-state index in [0.717, 1.165) is 0 Å². The van der Waals surface area contributed by atoms with E-state index >= 15 is 0 Å². The molecule has 2 nitrogen and oxygen atoms in total. The summed E-state index contributed by atoms with van der Waals surface area (Å²) in [5.41, 5.74) is 0. The largest absolute Gasteiger partial charge is 0.302 e. The van der Waals surface area contributed by atoms with E-state index in [4.69, 9.17) is 4.84 Å². The smallest absolute Gasteiger partial charge is 0.0575 e. The highest BCUT2D eigenvalue weighted by molar-refractivity contribution is 4.59. The Morgan fingerprint density at radius 1 is 1.22 bits per heavy atom. The summed E-state index contributed by atoms with van der Waals surface area (Å²) in [6.07, 6.45) is 0. The molecule has 0 aromatic carbocycles. The molecule has 1 atom stereocenters. The van der Waals surface area contributed by atoms with Crippen LogP contribution in [0.4, 0.5) is 0 Å². The maximum atomic E-state index is 5.01. The minimum atomic E-state index is 0.495. The van der Waals surface area contributed by atoms with Gasteiger partial charge in [0.05, 0.1) is 7.11 Å². The third-order valence-electron chi connectivity index (χ3n) is 1.83. The van der Waals surface area contributed by atoms with Crippen molar-refractivity contribution < 1.29 is 4.84 Å². The molecule has 0 saturated carbocycles. The minimum absolute atomic E-state index is 0.495. The number of rotatable bonds is 3. The lowest BCUT2D eigenvalue weighted by molar-refractivity contribution is -0.145. The third kappa shape index (κ3) is 2.82. The van der Waals surface area contributed by atoms with E-state index in [2.05, 4.69) is 20.8 Å². The molecule has 0 saturated heterocycles. The Morgan fingerprint density at radius 3 is 1.78 bits per heavy atom. The zero-order chi connectivity index (χ0) is 7.44. The van der Waals surface area contributed by atoms with Crippen LogP contribution in [0.2, 0.25) is 0 Å². The first-order chi connectivity index (χ1) is 4.09. The topological polar surface area (TPSA) is 12.5 Å². The molecule has 0 bridgehead atoms. The quantitative estimate of drug-likeness (QED) is 0.538. The monoisotopic (exact) mass is 131 g/mol. The first-order valence-corrected chi connectivity index (χ1v) is 3.36. The van der Waals surface area contributed by atoms with Gasteiger partial charge < -0.3 is 4.84 Å². The maximum absolute atomic E-state index is 5.01. The van der Waals surface area contributed by atoms with Gasteiger partial charge >= 0.3 is 0 Å². The molecule has 2 heteroatoms. The fraction of sp³-hybridized carbons (Fsp3) is 1.00. The van der Waals surface area contributed by atoms with Crippen LogP contribution < -0.4 is 0 Å². The van der Waals surface area contributed by atoms with Crippen molar-refractivity contribution in [3.8, 4) is 0 Å². The summed E-state index contributed by atoms with van der Waals surface area (Å²) in [5, 5.41) is 1.87. The van der Waals surface area contributed by atoms with Gasteiger partial charge in [0.15, 0.2) is 0 Å². The number of hydroxylamine groups is 2. The van der Waals surface area contributed by atoms with Gasteiger partial charge in [-0.25, -0.2) is 0 Å². The first kappa shape index (κ1) is 8.92. The summed E-state index contributed by atoms with van der Waals surface area (Å²) in [4.78, 5) is 5.01. The normalized spacial score (nSPS) is 15.0. The highest BCUT2D eigenvalue weighted by Crippen LogP contribution is 2.06. The van der Waals surface area contributed by atoms with Crippen molar-refractivity contribution in [1.82, 2.24) is 5.06 Å². The second-order valence-corrected chi connectivity index (χ2v) is 2.71. The molecule has 0 aliphatic carbocycles. The zero-order valence-electron chi connectivity index (χ0n) is 7.01. The number of hydrogen-bond donors (Lipinski definition) is 0.